The number of amides is 3. The Labute approximate surface area is 259 Å². The predicted octanol–water partition coefficient (Wildman–Crippen LogP) is 6.09. The second kappa shape index (κ2) is 15.1. The van der Waals surface area contributed by atoms with Gasteiger partial charge in [-0.15, -0.1) is 11.8 Å². The zero-order valence-electron chi connectivity index (χ0n) is 23.0. The number of thioether (sulfide) groups is 2. The van der Waals surface area contributed by atoms with Crippen molar-refractivity contribution in [3.05, 3.63) is 106 Å². The maximum absolute atomic E-state index is 13.4. The number of nitrogens with zero attached hydrogens (tertiary/aromatic N) is 3. The molecule has 220 valence electrons. The highest BCUT2D eigenvalue weighted by atomic mass is 32.2. The molecule has 3 amide bonds. The van der Waals surface area contributed by atoms with Crippen LogP contribution >= 0.6 is 35.1 Å². The van der Waals surface area contributed by atoms with Gasteiger partial charge in [-0.05, 0) is 55.2 Å². The monoisotopic (exact) mass is 634 g/mol. The highest BCUT2D eigenvalue weighted by Crippen LogP contribution is 2.28. The highest BCUT2D eigenvalue weighted by molar-refractivity contribution is 8.00. The van der Waals surface area contributed by atoms with Crippen LogP contribution in [0.4, 0.5) is 16.5 Å². The maximum Gasteiger partial charge on any atom is 0.276 e. The van der Waals surface area contributed by atoms with Crippen LogP contribution in [0.25, 0.3) is 6.08 Å². The molecule has 0 saturated carbocycles. The molecule has 3 N–H and O–H groups in total. The quantitative estimate of drug-likeness (QED) is 0.0726. The van der Waals surface area contributed by atoms with Gasteiger partial charge in [0.2, 0.25) is 16.2 Å². The first-order valence-electron chi connectivity index (χ1n) is 12.9. The third-order valence-corrected chi connectivity index (χ3v) is 8.22. The van der Waals surface area contributed by atoms with Crippen molar-refractivity contribution in [1.82, 2.24) is 14.7 Å². The van der Waals surface area contributed by atoms with Crippen LogP contribution in [0.3, 0.4) is 0 Å². The van der Waals surface area contributed by atoms with Gasteiger partial charge >= 0.3 is 0 Å². The number of nitrogens with one attached hydrogen (secondary N) is 3. The molecule has 0 bridgehead atoms. The molecule has 0 aliphatic rings. The fourth-order valence-corrected chi connectivity index (χ4v) is 5.83. The lowest BCUT2D eigenvalue weighted by Gasteiger charge is -2.13. The number of nitro groups is 1. The first-order chi connectivity index (χ1) is 20.7. The molecule has 11 nitrogen and oxygen atoms in total. The summed E-state index contributed by atoms with van der Waals surface area (Å²) in [6.45, 7) is 3.74. The van der Waals surface area contributed by atoms with Gasteiger partial charge in [-0.3, -0.25) is 29.8 Å². The van der Waals surface area contributed by atoms with E-state index in [-0.39, 0.29) is 22.9 Å². The van der Waals surface area contributed by atoms with Gasteiger partial charge in [-0.25, -0.2) is 0 Å². The second-order valence-electron chi connectivity index (χ2n) is 8.74. The molecule has 0 aliphatic heterocycles. The smallest absolute Gasteiger partial charge is 0.276 e. The number of benzene rings is 3. The summed E-state index contributed by atoms with van der Waals surface area (Å²) in [4.78, 5) is 55.1. The van der Waals surface area contributed by atoms with Gasteiger partial charge in [0.05, 0.1) is 15.7 Å². The Bertz CT molecular complexity index is 1660. The summed E-state index contributed by atoms with van der Waals surface area (Å²) >= 11 is 3.88. The average Bonchev–Trinajstić information content (AvgIpc) is 3.44. The normalized spacial score (nSPS) is 11.8. The summed E-state index contributed by atoms with van der Waals surface area (Å²) in [5.74, 6) is -0.665. The average molecular weight is 635 g/mol. The Morgan fingerprint density at radius 2 is 1.77 bits per heavy atom. The molecular weight excluding hydrogens is 609 g/mol. The number of carbonyl (C=O) groups is 3. The molecule has 0 radical (unpaired) electrons. The molecule has 14 heteroatoms. The second-order valence-corrected chi connectivity index (χ2v) is 12.1. The SMILES string of the molecule is CCSc1nsc(NC(=O)C(C)Sc2cccc(NC(=O)/C(=C\c3ccccc3[N+](=O)[O-])NC(=O)c3ccccc3)c2)n1. The van der Waals surface area contributed by atoms with Crippen molar-refractivity contribution in [1.29, 1.82) is 0 Å². The number of carbonyl (C=O) groups excluding carboxylic acids is 3. The minimum Gasteiger partial charge on any atom is -0.321 e. The number of nitro benzene ring substituents is 1. The highest BCUT2D eigenvalue weighted by Gasteiger charge is 2.20. The molecule has 0 aliphatic carbocycles. The van der Waals surface area contributed by atoms with Gasteiger partial charge in [0.25, 0.3) is 17.5 Å². The van der Waals surface area contributed by atoms with Gasteiger partial charge in [-0.1, -0.05) is 55.1 Å². The molecule has 0 saturated heterocycles. The fraction of sp³-hybridized carbons (Fsp3) is 0.138. The number of rotatable bonds is 12. The number of aromatic nitrogens is 2. The van der Waals surface area contributed by atoms with Crippen LogP contribution in [0.5, 0.6) is 0 Å². The molecule has 4 rings (SSSR count). The van der Waals surface area contributed by atoms with Gasteiger partial charge < -0.3 is 10.6 Å². The Morgan fingerprint density at radius 3 is 2.51 bits per heavy atom. The summed E-state index contributed by atoms with van der Waals surface area (Å²) in [5.41, 5.74) is 0.442. The standard InChI is InChI=1S/C29H26N6O5S3/c1-3-41-29-33-28(43-34-29)32-25(36)18(2)42-22-14-9-13-21(17-22)30-27(38)23(31-26(37)19-10-5-4-6-11-19)16-20-12-7-8-15-24(20)35(39)40/h4-18H,3H2,1-2H3,(H,30,38)(H,31,37)(H,32,33,34,36)/b23-16+. The first kappa shape index (κ1) is 31.4. The van der Waals surface area contributed by atoms with Gasteiger partial charge in [-0.2, -0.15) is 9.36 Å². The molecule has 4 aromatic rings. The van der Waals surface area contributed by atoms with Gasteiger partial charge in [0.1, 0.15) is 5.70 Å². The van der Waals surface area contributed by atoms with E-state index < -0.39 is 22.0 Å². The molecular formula is C29H26N6O5S3. The molecule has 43 heavy (non-hydrogen) atoms. The minimum atomic E-state index is -0.688. The summed E-state index contributed by atoms with van der Waals surface area (Å²) in [5, 5.41) is 20.2. The Balaban J connectivity index is 1.50. The lowest BCUT2D eigenvalue weighted by Crippen LogP contribution is -2.30. The van der Waals surface area contributed by atoms with E-state index in [0.29, 0.717) is 26.4 Å². The zero-order chi connectivity index (χ0) is 30.8. The fourth-order valence-electron chi connectivity index (χ4n) is 3.63. The van der Waals surface area contributed by atoms with Crippen molar-refractivity contribution in [3.8, 4) is 0 Å². The van der Waals surface area contributed by atoms with Crippen molar-refractivity contribution in [2.75, 3.05) is 16.4 Å². The largest absolute Gasteiger partial charge is 0.321 e. The lowest BCUT2D eigenvalue weighted by atomic mass is 10.1. The van der Waals surface area contributed by atoms with Crippen LogP contribution in [0.15, 0.2) is 94.6 Å². The summed E-state index contributed by atoms with van der Waals surface area (Å²) in [6, 6.07) is 21.0. The van der Waals surface area contributed by atoms with E-state index in [1.807, 2.05) is 6.92 Å². The van der Waals surface area contributed by atoms with E-state index in [9.17, 15) is 24.5 Å². The van der Waals surface area contributed by atoms with Crippen LogP contribution in [0.2, 0.25) is 0 Å². The molecule has 3 aromatic carbocycles. The zero-order valence-corrected chi connectivity index (χ0v) is 25.4. The van der Waals surface area contributed by atoms with E-state index in [1.54, 1.807) is 67.6 Å². The predicted molar refractivity (Wildman–Crippen MR) is 170 cm³/mol. The first-order valence-corrected chi connectivity index (χ1v) is 15.5. The summed E-state index contributed by atoms with van der Waals surface area (Å²) in [6.07, 6.45) is 1.26. The number of anilines is 2. The van der Waals surface area contributed by atoms with Crippen molar-refractivity contribution < 1.29 is 19.3 Å². The minimum absolute atomic E-state index is 0.144. The van der Waals surface area contributed by atoms with Gasteiger partial charge in [0.15, 0.2) is 0 Å². The third-order valence-electron chi connectivity index (χ3n) is 5.65. The van der Waals surface area contributed by atoms with Crippen molar-refractivity contribution in [3.63, 3.8) is 0 Å². The number of hydrogen-bond acceptors (Lipinski definition) is 10. The molecule has 1 atom stereocenters. The molecule has 1 heterocycles. The Morgan fingerprint density at radius 1 is 1.02 bits per heavy atom. The lowest BCUT2D eigenvalue weighted by molar-refractivity contribution is -0.385. The molecule has 0 fully saturated rings. The Kier molecular flexibility index (Phi) is 11.0. The Hall–Kier alpha value is -4.53. The third kappa shape index (κ3) is 8.98. The van der Waals surface area contributed by atoms with E-state index in [2.05, 4.69) is 25.3 Å². The number of para-hydroxylation sites is 1. The number of hydrogen-bond donors (Lipinski definition) is 3. The van der Waals surface area contributed by atoms with E-state index >= 15 is 0 Å². The maximum atomic E-state index is 13.4. The van der Waals surface area contributed by atoms with Crippen LogP contribution in [-0.4, -0.2) is 43.0 Å². The van der Waals surface area contributed by atoms with Crippen molar-refractivity contribution in [2.45, 2.75) is 29.1 Å². The molecule has 1 unspecified atom stereocenters. The van der Waals surface area contributed by atoms with Crippen LogP contribution in [-0.2, 0) is 9.59 Å². The van der Waals surface area contributed by atoms with E-state index in [1.165, 1.54) is 47.8 Å². The molecule has 1 aromatic heterocycles. The van der Waals surface area contributed by atoms with Crippen molar-refractivity contribution >= 4 is 75.4 Å². The van der Waals surface area contributed by atoms with Crippen LogP contribution < -0.4 is 16.0 Å². The van der Waals surface area contributed by atoms with Gasteiger partial charge in [0, 0.05) is 33.7 Å². The van der Waals surface area contributed by atoms with E-state index in [0.717, 1.165) is 17.3 Å². The summed E-state index contributed by atoms with van der Waals surface area (Å²) < 4.78 is 4.20. The topological polar surface area (TPSA) is 156 Å². The van der Waals surface area contributed by atoms with Crippen LogP contribution in [0.1, 0.15) is 29.8 Å². The molecule has 0 spiro atoms. The van der Waals surface area contributed by atoms with E-state index in [4.69, 9.17) is 0 Å². The van der Waals surface area contributed by atoms with Crippen LogP contribution in [0, 0.1) is 10.1 Å². The summed E-state index contributed by atoms with van der Waals surface area (Å²) in [7, 11) is 0. The van der Waals surface area contributed by atoms with Crippen molar-refractivity contribution in [2.24, 2.45) is 0 Å².